The lowest BCUT2D eigenvalue weighted by Gasteiger charge is -2.57. The molecule has 1 aliphatic carbocycles. The van der Waals surface area contributed by atoms with Gasteiger partial charge in [-0.15, -0.1) is 0 Å². The minimum absolute atomic E-state index is 0.0399. The Bertz CT molecular complexity index is 852. The lowest BCUT2D eigenvalue weighted by atomic mass is 9.54. The van der Waals surface area contributed by atoms with Gasteiger partial charge in [-0.3, -0.25) is 9.59 Å². The van der Waals surface area contributed by atoms with E-state index in [0.717, 1.165) is 0 Å². The first-order chi connectivity index (χ1) is 13.3. The van der Waals surface area contributed by atoms with Crippen LogP contribution in [0.15, 0.2) is 48.7 Å². The first-order valence-electron chi connectivity index (χ1n) is 9.32. The van der Waals surface area contributed by atoms with E-state index < -0.39 is 11.0 Å². The highest BCUT2D eigenvalue weighted by molar-refractivity contribution is 6.04. The molecule has 4 N–H and O–H groups in total. The molecular weight excluding hydrogens is 356 g/mol. The van der Waals surface area contributed by atoms with Gasteiger partial charge in [-0.25, -0.2) is 4.98 Å². The van der Waals surface area contributed by atoms with Crippen molar-refractivity contribution < 1.29 is 14.3 Å². The molecule has 0 aliphatic heterocycles. The summed E-state index contributed by atoms with van der Waals surface area (Å²) in [7, 11) is 0. The van der Waals surface area contributed by atoms with Gasteiger partial charge < -0.3 is 21.1 Å². The number of aromatic nitrogens is 1. The van der Waals surface area contributed by atoms with Crippen LogP contribution < -0.4 is 16.4 Å². The molecule has 1 aromatic heterocycles. The summed E-state index contributed by atoms with van der Waals surface area (Å²) in [5, 5.41) is 5.54. The summed E-state index contributed by atoms with van der Waals surface area (Å²) in [5.41, 5.74) is 5.97. The molecule has 7 heteroatoms. The van der Waals surface area contributed by atoms with Crippen molar-refractivity contribution in [1.82, 2.24) is 4.98 Å². The van der Waals surface area contributed by atoms with Gasteiger partial charge in [0.2, 0.25) is 5.91 Å². The van der Waals surface area contributed by atoms with E-state index in [1.807, 2.05) is 26.8 Å². The van der Waals surface area contributed by atoms with E-state index in [9.17, 15) is 9.59 Å². The first-order valence-corrected chi connectivity index (χ1v) is 9.32. The van der Waals surface area contributed by atoms with Gasteiger partial charge >= 0.3 is 0 Å². The molecule has 0 saturated heterocycles. The van der Waals surface area contributed by atoms with Crippen LogP contribution in [0.3, 0.4) is 0 Å². The summed E-state index contributed by atoms with van der Waals surface area (Å²) >= 11 is 0. The fourth-order valence-electron chi connectivity index (χ4n) is 3.38. The zero-order valence-corrected chi connectivity index (χ0v) is 16.4. The Morgan fingerprint density at radius 1 is 1.18 bits per heavy atom. The Kier molecular flexibility index (Phi) is 5.49. The zero-order chi connectivity index (χ0) is 20.4. The summed E-state index contributed by atoms with van der Waals surface area (Å²) in [5.74, 6) is -0.116. The number of pyridine rings is 1. The second-order valence-electron chi connectivity index (χ2n) is 7.55. The Morgan fingerprint density at radius 3 is 2.46 bits per heavy atom. The Hall–Kier alpha value is -2.77. The van der Waals surface area contributed by atoms with Crippen LogP contribution in [0.2, 0.25) is 0 Å². The van der Waals surface area contributed by atoms with Crippen molar-refractivity contribution in [3.05, 3.63) is 54.2 Å². The van der Waals surface area contributed by atoms with Crippen molar-refractivity contribution in [3.8, 4) is 0 Å². The number of amides is 2. The van der Waals surface area contributed by atoms with E-state index >= 15 is 0 Å². The maximum Gasteiger partial charge on any atom is 0.256 e. The third-order valence-electron chi connectivity index (χ3n) is 5.53. The fraction of sp³-hybridized carbons (Fsp3) is 0.381. The number of ether oxygens (including phenoxy) is 1. The third-order valence-corrected chi connectivity index (χ3v) is 5.53. The van der Waals surface area contributed by atoms with Crippen molar-refractivity contribution in [2.45, 2.75) is 38.8 Å². The number of hydrogen-bond donors (Lipinski definition) is 3. The molecule has 1 fully saturated rings. The standard InChI is InChI=1S/C21H26N4O3/c1-4-28-16-12-21(22,20(16,2)3)19(27)24-15-10-11-17(23-13-15)25-18(26)14-8-6-5-7-9-14/h5-11,13,16H,4,12,22H2,1-3H3,(H,24,27)(H,23,25,26). The number of rotatable bonds is 6. The van der Waals surface area contributed by atoms with E-state index in [4.69, 9.17) is 10.5 Å². The maximum atomic E-state index is 12.7. The molecule has 1 saturated carbocycles. The van der Waals surface area contributed by atoms with E-state index in [2.05, 4.69) is 15.6 Å². The quantitative estimate of drug-likeness (QED) is 0.712. The molecule has 148 valence electrons. The van der Waals surface area contributed by atoms with Gasteiger partial charge in [0.15, 0.2) is 0 Å². The summed E-state index contributed by atoms with van der Waals surface area (Å²) in [4.78, 5) is 29.1. The number of carbonyl (C=O) groups is 2. The van der Waals surface area contributed by atoms with Crippen LogP contribution >= 0.6 is 0 Å². The maximum absolute atomic E-state index is 12.7. The minimum atomic E-state index is -1.01. The van der Waals surface area contributed by atoms with Crippen LogP contribution in [0.25, 0.3) is 0 Å². The largest absolute Gasteiger partial charge is 0.378 e. The number of nitrogens with two attached hydrogens (primary N) is 1. The number of nitrogens with one attached hydrogen (secondary N) is 2. The molecule has 2 atom stereocenters. The molecule has 0 spiro atoms. The molecule has 0 bridgehead atoms. The summed E-state index contributed by atoms with van der Waals surface area (Å²) < 4.78 is 5.67. The number of benzene rings is 1. The van der Waals surface area contributed by atoms with E-state index in [0.29, 0.717) is 30.1 Å². The Morgan fingerprint density at radius 2 is 1.89 bits per heavy atom. The molecular formula is C21H26N4O3. The summed E-state index contributed by atoms with van der Waals surface area (Å²) in [6, 6.07) is 12.2. The predicted octanol–water partition coefficient (Wildman–Crippen LogP) is 2.80. The second kappa shape index (κ2) is 7.69. The molecule has 1 aliphatic rings. The Labute approximate surface area is 164 Å². The van der Waals surface area contributed by atoms with Crippen molar-refractivity contribution in [2.24, 2.45) is 11.1 Å². The lowest BCUT2D eigenvalue weighted by Crippen LogP contribution is -2.74. The average molecular weight is 382 g/mol. The summed E-state index contributed by atoms with van der Waals surface area (Å²) in [6.07, 6.45) is 1.92. The van der Waals surface area contributed by atoms with Gasteiger partial charge in [0, 0.05) is 24.0 Å². The third kappa shape index (κ3) is 3.63. The second-order valence-corrected chi connectivity index (χ2v) is 7.55. The zero-order valence-electron chi connectivity index (χ0n) is 16.4. The van der Waals surface area contributed by atoms with Gasteiger partial charge in [0.1, 0.15) is 11.4 Å². The number of nitrogens with zero attached hydrogens (tertiary/aromatic N) is 1. The van der Waals surface area contributed by atoms with Crippen LogP contribution in [0.4, 0.5) is 11.5 Å². The van der Waals surface area contributed by atoms with Crippen LogP contribution in [0.5, 0.6) is 0 Å². The van der Waals surface area contributed by atoms with Crippen molar-refractivity contribution in [2.75, 3.05) is 17.2 Å². The molecule has 0 radical (unpaired) electrons. The SMILES string of the molecule is CCOC1CC(N)(C(=O)Nc2ccc(NC(=O)c3ccccc3)nc2)C1(C)C. The molecule has 3 rings (SSSR count). The summed E-state index contributed by atoms with van der Waals surface area (Å²) in [6.45, 7) is 6.40. The van der Waals surface area contributed by atoms with Crippen LogP contribution in [0, 0.1) is 5.41 Å². The van der Waals surface area contributed by atoms with Gasteiger partial charge in [0.05, 0.1) is 18.0 Å². The smallest absolute Gasteiger partial charge is 0.256 e. The average Bonchev–Trinajstić information content (AvgIpc) is 2.69. The van der Waals surface area contributed by atoms with Crippen molar-refractivity contribution >= 4 is 23.3 Å². The van der Waals surface area contributed by atoms with Gasteiger partial charge in [-0.2, -0.15) is 0 Å². The monoisotopic (exact) mass is 382 g/mol. The molecule has 7 nitrogen and oxygen atoms in total. The van der Waals surface area contributed by atoms with Gasteiger partial charge in [-0.1, -0.05) is 32.0 Å². The van der Waals surface area contributed by atoms with Crippen molar-refractivity contribution in [1.29, 1.82) is 0 Å². The van der Waals surface area contributed by atoms with E-state index in [1.54, 1.807) is 36.4 Å². The van der Waals surface area contributed by atoms with Crippen LogP contribution in [-0.4, -0.2) is 35.0 Å². The lowest BCUT2D eigenvalue weighted by molar-refractivity contribution is -0.166. The molecule has 1 heterocycles. The van der Waals surface area contributed by atoms with E-state index in [1.165, 1.54) is 6.20 Å². The molecule has 1 aromatic carbocycles. The fourth-order valence-corrected chi connectivity index (χ4v) is 3.38. The minimum Gasteiger partial charge on any atom is -0.378 e. The number of carbonyl (C=O) groups excluding carboxylic acids is 2. The van der Waals surface area contributed by atoms with Gasteiger partial charge in [-0.05, 0) is 31.2 Å². The highest BCUT2D eigenvalue weighted by Crippen LogP contribution is 2.50. The molecule has 2 amide bonds. The molecule has 28 heavy (non-hydrogen) atoms. The Balaban J connectivity index is 1.61. The van der Waals surface area contributed by atoms with Gasteiger partial charge in [0.25, 0.3) is 5.91 Å². The predicted molar refractivity (Wildman–Crippen MR) is 108 cm³/mol. The molecule has 2 aromatic rings. The van der Waals surface area contributed by atoms with E-state index in [-0.39, 0.29) is 17.9 Å². The first kappa shape index (κ1) is 20.0. The van der Waals surface area contributed by atoms with Crippen LogP contribution in [-0.2, 0) is 9.53 Å². The molecule has 2 unspecified atom stereocenters. The topological polar surface area (TPSA) is 106 Å². The normalized spacial score (nSPS) is 22.8. The van der Waals surface area contributed by atoms with Crippen LogP contribution in [0.1, 0.15) is 37.6 Å². The highest BCUT2D eigenvalue weighted by atomic mass is 16.5. The number of hydrogen-bond acceptors (Lipinski definition) is 5. The highest BCUT2D eigenvalue weighted by Gasteiger charge is 2.62. The number of anilines is 2. The van der Waals surface area contributed by atoms with Crippen molar-refractivity contribution in [3.63, 3.8) is 0 Å².